The van der Waals surface area contributed by atoms with Gasteiger partial charge in [-0.25, -0.2) is 4.79 Å². The number of nitrogens with two attached hydrogens (primary N) is 1. The standard InChI is InChI=1S/C21H26N4O2/c22-21(27)25-15-17-8-4-5-10-18(17)19(25)11-3-1-2-6-13-24-20(26)16-9-7-12-23-14-16/h4-5,7-10,12,14,19H,1-3,6,11,13,15H2,(H2,22,27)(H,24,26). The smallest absolute Gasteiger partial charge is 0.315 e. The van der Waals surface area contributed by atoms with Crippen molar-refractivity contribution in [3.05, 3.63) is 65.5 Å². The van der Waals surface area contributed by atoms with Gasteiger partial charge in [0.1, 0.15) is 0 Å². The van der Waals surface area contributed by atoms with Gasteiger partial charge in [-0.05, 0) is 36.1 Å². The lowest BCUT2D eigenvalue weighted by molar-refractivity contribution is 0.0952. The van der Waals surface area contributed by atoms with Crippen LogP contribution in [0.3, 0.4) is 0 Å². The number of pyridine rings is 1. The van der Waals surface area contributed by atoms with E-state index in [1.165, 1.54) is 11.1 Å². The van der Waals surface area contributed by atoms with Gasteiger partial charge in [-0.1, -0.05) is 43.5 Å². The molecule has 1 aliphatic rings. The molecule has 27 heavy (non-hydrogen) atoms. The van der Waals surface area contributed by atoms with E-state index >= 15 is 0 Å². The molecule has 1 atom stereocenters. The van der Waals surface area contributed by atoms with Crippen molar-refractivity contribution >= 4 is 11.9 Å². The van der Waals surface area contributed by atoms with Gasteiger partial charge < -0.3 is 16.0 Å². The third-order valence-corrected chi connectivity index (χ3v) is 5.03. The van der Waals surface area contributed by atoms with Crippen molar-refractivity contribution < 1.29 is 9.59 Å². The lowest BCUT2D eigenvalue weighted by atomic mass is 9.99. The highest BCUT2D eigenvalue weighted by molar-refractivity contribution is 5.93. The normalized spacial score (nSPS) is 15.4. The average Bonchev–Trinajstić information content (AvgIpc) is 3.07. The van der Waals surface area contributed by atoms with Gasteiger partial charge in [0.05, 0.1) is 11.6 Å². The highest BCUT2D eigenvalue weighted by Gasteiger charge is 2.31. The molecule has 0 radical (unpaired) electrons. The summed E-state index contributed by atoms with van der Waals surface area (Å²) in [6.07, 6.45) is 8.21. The molecule has 142 valence electrons. The highest BCUT2D eigenvalue weighted by Crippen LogP contribution is 2.36. The Balaban J connectivity index is 1.36. The zero-order valence-corrected chi connectivity index (χ0v) is 15.4. The summed E-state index contributed by atoms with van der Waals surface area (Å²) in [5, 5.41) is 2.92. The number of benzene rings is 1. The van der Waals surface area contributed by atoms with Crippen molar-refractivity contribution in [2.45, 2.75) is 44.7 Å². The van der Waals surface area contributed by atoms with E-state index in [4.69, 9.17) is 5.73 Å². The van der Waals surface area contributed by atoms with Crippen molar-refractivity contribution in [2.24, 2.45) is 5.73 Å². The van der Waals surface area contributed by atoms with Gasteiger partial charge in [0.2, 0.25) is 0 Å². The number of hydrogen-bond acceptors (Lipinski definition) is 3. The van der Waals surface area contributed by atoms with Crippen LogP contribution in [0.15, 0.2) is 48.8 Å². The first kappa shape index (κ1) is 18.9. The van der Waals surface area contributed by atoms with Crippen LogP contribution >= 0.6 is 0 Å². The molecule has 0 bridgehead atoms. The SMILES string of the molecule is NC(=O)N1Cc2ccccc2C1CCCCCCNC(=O)c1cccnc1. The summed E-state index contributed by atoms with van der Waals surface area (Å²) in [6.45, 7) is 1.27. The molecule has 1 unspecified atom stereocenters. The van der Waals surface area contributed by atoms with E-state index in [0.29, 0.717) is 18.7 Å². The second kappa shape index (κ2) is 9.16. The number of carbonyl (C=O) groups excluding carboxylic acids is 2. The van der Waals surface area contributed by atoms with Gasteiger partial charge in [0.15, 0.2) is 0 Å². The van der Waals surface area contributed by atoms with Crippen LogP contribution < -0.4 is 11.1 Å². The van der Waals surface area contributed by atoms with Crippen molar-refractivity contribution in [2.75, 3.05) is 6.54 Å². The highest BCUT2D eigenvalue weighted by atomic mass is 16.2. The molecule has 1 aromatic carbocycles. The first-order valence-electron chi connectivity index (χ1n) is 9.49. The maximum absolute atomic E-state index is 11.9. The van der Waals surface area contributed by atoms with E-state index in [-0.39, 0.29) is 18.0 Å². The third kappa shape index (κ3) is 4.84. The maximum Gasteiger partial charge on any atom is 0.315 e. The number of nitrogens with one attached hydrogen (secondary N) is 1. The number of carbonyl (C=O) groups is 2. The summed E-state index contributed by atoms with van der Waals surface area (Å²) in [4.78, 5) is 29.4. The molecule has 6 heteroatoms. The third-order valence-electron chi connectivity index (χ3n) is 5.03. The van der Waals surface area contributed by atoms with Crippen LogP contribution in [0, 0.1) is 0 Å². The first-order valence-corrected chi connectivity index (χ1v) is 9.49. The fraction of sp³-hybridized carbons (Fsp3) is 0.381. The quantitative estimate of drug-likeness (QED) is 0.702. The van der Waals surface area contributed by atoms with E-state index < -0.39 is 0 Å². The topological polar surface area (TPSA) is 88.3 Å². The molecule has 3 N–H and O–H groups in total. The number of aromatic nitrogens is 1. The molecule has 0 aliphatic carbocycles. The second-order valence-corrected chi connectivity index (χ2v) is 6.88. The number of fused-ring (bicyclic) bond motifs is 1. The van der Waals surface area contributed by atoms with Gasteiger partial charge in [-0.3, -0.25) is 9.78 Å². The first-order chi connectivity index (χ1) is 13.2. The molecular formula is C21H26N4O2. The van der Waals surface area contributed by atoms with E-state index in [1.54, 1.807) is 29.4 Å². The predicted molar refractivity (Wildman–Crippen MR) is 104 cm³/mol. The van der Waals surface area contributed by atoms with E-state index in [2.05, 4.69) is 22.4 Å². The maximum atomic E-state index is 11.9. The molecule has 2 aromatic rings. The summed E-state index contributed by atoms with van der Waals surface area (Å²) >= 11 is 0. The van der Waals surface area contributed by atoms with Gasteiger partial charge >= 0.3 is 6.03 Å². The van der Waals surface area contributed by atoms with Crippen LogP contribution in [0.5, 0.6) is 0 Å². The molecule has 3 rings (SSSR count). The van der Waals surface area contributed by atoms with Gasteiger partial charge in [0, 0.05) is 25.5 Å². The molecule has 3 amide bonds. The van der Waals surface area contributed by atoms with E-state index in [9.17, 15) is 9.59 Å². The minimum Gasteiger partial charge on any atom is -0.352 e. The molecule has 0 saturated heterocycles. The van der Waals surface area contributed by atoms with Crippen molar-refractivity contribution in [1.82, 2.24) is 15.2 Å². The number of nitrogens with zero attached hydrogens (tertiary/aromatic N) is 2. The fourth-order valence-electron chi connectivity index (χ4n) is 3.63. The average molecular weight is 366 g/mol. The minimum absolute atomic E-state index is 0.0808. The lowest BCUT2D eigenvalue weighted by Gasteiger charge is -2.23. The van der Waals surface area contributed by atoms with Gasteiger partial charge in [-0.2, -0.15) is 0 Å². The number of primary amides is 1. The molecule has 2 heterocycles. The summed E-state index contributed by atoms with van der Waals surface area (Å²) in [6, 6.07) is 11.4. The van der Waals surface area contributed by atoms with E-state index in [0.717, 1.165) is 32.1 Å². The van der Waals surface area contributed by atoms with Crippen LogP contribution in [0.25, 0.3) is 0 Å². The summed E-state index contributed by atoms with van der Waals surface area (Å²) < 4.78 is 0. The Kier molecular flexibility index (Phi) is 6.41. The Morgan fingerprint density at radius 1 is 1.11 bits per heavy atom. The van der Waals surface area contributed by atoms with Crippen molar-refractivity contribution in [1.29, 1.82) is 0 Å². The van der Waals surface area contributed by atoms with Gasteiger partial charge in [0.25, 0.3) is 5.91 Å². The Hall–Kier alpha value is -2.89. The van der Waals surface area contributed by atoms with Crippen LogP contribution in [-0.2, 0) is 6.54 Å². The summed E-state index contributed by atoms with van der Waals surface area (Å²) in [7, 11) is 0. The van der Waals surface area contributed by atoms with Crippen LogP contribution in [-0.4, -0.2) is 28.4 Å². The van der Waals surface area contributed by atoms with E-state index in [1.807, 2.05) is 12.1 Å². The van der Waals surface area contributed by atoms with Crippen LogP contribution in [0.4, 0.5) is 4.79 Å². The van der Waals surface area contributed by atoms with Crippen LogP contribution in [0.2, 0.25) is 0 Å². The minimum atomic E-state index is -0.352. The zero-order chi connectivity index (χ0) is 19.1. The molecule has 0 spiro atoms. The van der Waals surface area contributed by atoms with Gasteiger partial charge in [-0.15, -0.1) is 0 Å². The molecule has 0 fully saturated rings. The molecule has 0 saturated carbocycles. The Bertz CT molecular complexity index is 779. The molecule has 6 nitrogen and oxygen atoms in total. The molecular weight excluding hydrogens is 340 g/mol. The number of urea groups is 1. The van der Waals surface area contributed by atoms with Crippen molar-refractivity contribution in [3.8, 4) is 0 Å². The summed E-state index contributed by atoms with van der Waals surface area (Å²) in [5.41, 5.74) is 8.56. The molecule has 1 aromatic heterocycles. The predicted octanol–water partition coefficient (Wildman–Crippen LogP) is 3.40. The Morgan fingerprint density at radius 2 is 1.93 bits per heavy atom. The molecule has 1 aliphatic heterocycles. The number of amides is 3. The Labute approximate surface area is 159 Å². The van der Waals surface area contributed by atoms with Crippen LogP contribution in [0.1, 0.15) is 59.6 Å². The lowest BCUT2D eigenvalue weighted by Crippen LogP contribution is -2.34. The second-order valence-electron chi connectivity index (χ2n) is 6.88. The number of unbranched alkanes of at least 4 members (excludes halogenated alkanes) is 3. The summed E-state index contributed by atoms with van der Waals surface area (Å²) in [5.74, 6) is -0.0808. The zero-order valence-electron chi connectivity index (χ0n) is 15.4. The van der Waals surface area contributed by atoms with Crippen molar-refractivity contribution in [3.63, 3.8) is 0 Å². The monoisotopic (exact) mass is 366 g/mol. The fourth-order valence-corrected chi connectivity index (χ4v) is 3.63. The number of rotatable bonds is 8. The largest absolute Gasteiger partial charge is 0.352 e. The Morgan fingerprint density at radius 3 is 2.70 bits per heavy atom. The number of hydrogen-bond donors (Lipinski definition) is 2.